The SMILES string of the molecule is CCC[PH]1(CCNS(=O)(=O)C(F)(F)F)CCCC1. The number of hydrogen-bond donors (Lipinski definition) is 1. The molecule has 110 valence electrons. The van der Waals surface area contributed by atoms with Crippen molar-refractivity contribution < 1.29 is 21.6 Å². The molecule has 18 heavy (non-hydrogen) atoms. The van der Waals surface area contributed by atoms with Crippen LogP contribution >= 0.6 is 7.26 Å². The monoisotopic (exact) mass is 307 g/mol. The minimum atomic E-state index is -5.19. The first-order chi connectivity index (χ1) is 8.22. The first-order valence-electron chi connectivity index (χ1n) is 6.28. The van der Waals surface area contributed by atoms with Gasteiger partial charge in [-0.25, -0.2) is 0 Å². The Labute approximate surface area is 107 Å². The fourth-order valence-corrected chi connectivity index (χ4v) is 8.74. The van der Waals surface area contributed by atoms with Crippen LogP contribution < -0.4 is 4.72 Å². The van der Waals surface area contributed by atoms with Gasteiger partial charge in [0.2, 0.25) is 0 Å². The van der Waals surface area contributed by atoms with E-state index in [0.717, 1.165) is 37.7 Å². The van der Waals surface area contributed by atoms with Crippen LogP contribution in [0.1, 0.15) is 26.2 Å². The molecule has 0 amide bonds. The number of alkyl halides is 3. The van der Waals surface area contributed by atoms with E-state index in [9.17, 15) is 21.6 Å². The van der Waals surface area contributed by atoms with Crippen LogP contribution in [-0.4, -0.2) is 45.1 Å². The van der Waals surface area contributed by atoms with Gasteiger partial charge in [-0.05, 0) is 0 Å². The van der Waals surface area contributed by atoms with Gasteiger partial charge >= 0.3 is 106 Å². The molecular formula is C10H21F3NO2PS. The van der Waals surface area contributed by atoms with E-state index >= 15 is 0 Å². The second-order valence-corrected chi connectivity index (χ2v) is 11.8. The van der Waals surface area contributed by atoms with E-state index in [1.165, 1.54) is 0 Å². The number of hydrogen-bond acceptors (Lipinski definition) is 2. The Balaban J connectivity index is 2.50. The molecule has 0 aromatic rings. The molecule has 0 aromatic heterocycles. The van der Waals surface area contributed by atoms with E-state index in [0.29, 0.717) is 6.16 Å². The molecule has 0 atom stereocenters. The first-order valence-corrected chi connectivity index (χ1v) is 10.6. The predicted molar refractivity (Wildman–Crippen MR) is 70.3 cm³/mol. The number of halogens is 3. The maximum absolute atomic E-state index is 12.1. The fraction of sp³-hybridized carbons (Fsp3) is 1.00. The molecule has 1 rings (SSSR count). The van der Waals surface area contributed by atoms with Crippen molar-refractivity contribution in [2.75, 3.05) is 31.2 Å². The molecule has 0 saturated carbocycles. The summed E-state index contributed by atoms with van der Waals surface area (Å²) in [4.78, 5) is 0. The quantitative estimate of drug-likeness (QED) is 0.766. The van der Waals surface area contributed by atoms with Gasteiger partial charge in [0.15, 0.2) is 0 Å². The van der Waals surface area contributed by atoms with Crippen molar-refractivity contribution in [1.29, 1.82) is 0 Å². The zero-order valence-corrected chi connectivity index (χ0v) is 12.3. The summed E-state index contributed by atoms with van der Waals surface area (Å²) in [6.07, 6.45) is 7.34. The van der Waals surface area contributed by atoms with Crippen LogP contribution in [0.25, 0.3) is 0 Å². The molecule has 1 fully saturated rings. The predicted octanol–water partition coefficient (Wildman–Crippen LogP) is 2.38. The van der Waals surface area contributed by atoms with E-state index < -0.39 is 22.8 Å². The number of sulfonamides is 1. The van der Waals surface area contributed by atoms with E-state index in [1.807, 2.05) is 0 Å². The Morgan fingerprint density at radius 1 is 1.17 bits per heavy atom. The van der Waals surface area contributed by atoms with Crippen LogP contribution in [0.5, 0.6) is 0 Å². The van der Waals surface area contributed by atoms with Crippen LogP contribution in [0, 0.1) is 0 Å². The van der Waals surface area contributed by atoms with Crippen LogP contribution in [0.4, 0.5) is 13.2 Å². The Kier molecular flexibility index (Phi) is 5.44. The van der Waals surface area contributed by atoms with Crippen LogP contribution in [0.3, 0.4) is 0 Å². The zero-order valence-electron chi connectivity index (χ0n) is 10.5. The third-order valence-electron chi connectivity index (χ3n) is 3.70. The molecule has 0 spiro atoms. The van der Waals surface area contributed by atoms with E-state index in [2.05, 4.69) is 6.92 Å². The van der Waals surface area contributed by atoms with Gasteiger partial charge in [0.1, 0.15) is 0 Å². The minimum absolute atomic E-state index is 0.0614. The fourth-order valence-electron chi connectivity index (χ4n) is 2.81. The summed E-state index contributed by atoms with van der Waals surface area (Å²) in [5.41, 5.74) is -5.19. The molecule has 1 heterocycles. The van der Waals surface area contributed by atoms with Gasteiger partial charge in [-0.15, -0.1) is 0 Å². The normalized spacial score (nSPS) is 22.0. The molecule has 8 heteroatoms. The van der Waals surface area contributed by atoms with Gasteiger partial charge in [-0.3, -0.25) is 0 Å². The third kappa shape index (κ3) is 4.07. The molecule has 1 N–H and O–H groups in total. The maximum atomic E-state index is 12.1. The number of nitrogens with one attached hydrogen (secondary N) is 1. The summed E-state index contributed by atoms with van der Waals surface area (Å²) in [6.45, 7) is 2.01. The Bertz CT molecular complexity index is 364. The van der Waals surface area contributed by atoms with Gasteiger partial charge < -0.3 is 0 Å². The zero-order chi connectivity index (χ0) is 13.9. The van der Waals surface area contributed by atoms with Crippen molar-refractivity contribution in [2.45, 2.75) is 31.7 Å². The molecule has 1 saturated heterocycles. The van der Waals surface area contributed by atoms with Gasteiger partial charge in [0.05, 0.1) is 0 Å². The Morgan fingerprint density at radius 2 is 1.72 bits per heavy atom. The summed E-state index contributed by atoms with van der Waals surface area (Å²) in [6, 6.07) is 0. The molecule has 3 nitrogen and oxygen atoms in total. The second-order valence-electron chi connectivity index (χ2n) is 5.05. The van der Waals surface area contributed by atoms with Crippen LogP contribution in [0.2, 0.25) is 0 Å². The van der Waals surface area contributed by atoms with Crippen molar-refractivity contribution in [2.24, 2.45) is 0 Å². The van der Waals surface area contributed by atoms with Crippen LogP contribution in [-0.2, 0) is 10.0 Å². The van der Waals surface area contributed by atoms with E-state index in [4.69, 9.17) is 0 Å². The molecule has 0 aromatic carbocycles. The van der Waals surface area contributed by atoms with E-state index in [-0.39, 0.29) is 6.54 Å². The van der Waals surface area contributed by atoms with E-state index in [1.54, 1.807) is 4.72 Å². The average molecular weight is 307 g/mol. The van der Waals surface area contributed by atoms with Crippen molar-refractivity contribution >= 4 is 17.3 Å². The molecule has 0 aliphatic carbocycles. The topological polar surface area (TPSA) is 46.2 Å². The Hall–Kier alpha value is 0.130. The van der Waals surface area contributed by atoms with Crippen LogP contribution in [0.15, 0.2) is 0 Å². The second kappa shape index (κ2) is 6.06. The van der Waals surface area contributed by atoms with Gasteiger partial charge in [-0.1, -0.05) is 0 Å². The molecule has 1 aliphatic rings. The van der Waals surface area contributed by atoms with Gasteiger partial charge in [0, 0.05) is 0 Å². The molecular weight excluding hydrogens is 286 g/mol. The molecule has 0 bridgehead atoms. The summed E-state index contributed by atoms with van der Waals surface area (Å²) in [7, 11) is -6.64. The molecule has 1 aliphatic heterocycles. The van der Waals surface area contributed by atoms with Gasteiger partial charge in [-0.2, -0.15) is 0 Å². The summed E-state index contributed by atoms with van der Waals surface area (Å²) < 4.78 is 59.8. The summed E-state index contributed by atoms with van der Waals surface area (Å²) >= 11 is 0. The number of rotatable bonds is 6. The first kappa shape index (κ1) is 16.2. The van der Waals surface area contributed by atoms with Gasteiger partial charge in [0.25, 0.3) is 0 Å². The van der Waals surface area contributed by atoms with Crippen molar-refractivity contribution in [3.05, 3.63) is 0 Å². The summed E-state index contributed by atoms with van der Waals surface area (Å²) in [5.74, 6) is 0. The standard InChI is InChI=1S/C10H21F3NO2PS/c1-2-6-17(7-3-4-8-17)9-5-14-18(15,16)10(11,12)13/h14,17H,2-9H2,1H3. The average Bonchev–Trinajstić information content (AvgIpc) is 2.65. The van der Waals surface area contributed by atoms with Crippen molar-refractivity contribution in [3.8, 4) is 0 Å². The van der Waals surface area contributed by atoms with Crippen molar-refractivity contribution in [3.63, 3.8) is 0 Å². The third-order valence-corrected chi connectivity index (χ3v) is 10.6. The molecule has 0 unspecified atom stereocenters. The Morgan fingerprint density at radius 3 is 2.17 bits per heavy atom. The van der Waals surface area contributed by atoms with Crippen molar-refractivity contribution in [1.82, 2.24) is 4.72 Å². The molecule has 0 radical (unpaired) electrons. The summed E-state index contributed by atoms with van der Waals surface area (Å²) in [5, 5.41) is 0.